The maximum Gasteiger partial charge on any atom is 0.164 e. The van der Waals surface area contributed by atoms with Gasteiger partial charge in [-0.25, -0.2) is 9.50 Å². The highest BCUT2D eigenvalue weighted by Crippen LogP contribution is 2.35. The van der Waals surface area contributed by atoms with Gasteiger partial charge < -0.3 is 0 Å². The Morgan fingerprint density at radius 3 is 2.42 bits per heavy atom. The number of nitrogens with zero attached hydrogens (tertiary/aromatic N) is 3. The smallest absolute Gasteiger partial charge is 0.164 e. The molecule has 0 amide bonds. The van der Waals surface area contributed by atoms with Crippen LogP contribution in [0.3, 0.4) is 0 Å². The zero-order valence-electron chi connectivity index (χ0n) is 16.3. The van der Waals surface area contributed by atoms with Crippen LogP contribution < -0.4 is 0 Å². The van der Waals surface area contributed by atoms with E-state index >= 15 is 0 Å². The molecule has 5 heteroatoms. The van der Waals surface area contributed by atoms with Crippen LogP contribution in [-0.4, -0.2) is 19.8 Å². The lowest BCUT2D eigenvalue weighted by molar-refractivity contribution is 0.563. The second-order valence-corrected chi connectivity index (χ2v) is 9.66. The molecule has 3 rings (SSSR count). The van der Waals surface area contributed by atoms with E-state index in [1.807, 2.05) is 47.5 Å². The quantitative estimate of drug-likeness (QED) is 0.375. The molecule has 0 spiro atoms. The Morgan fingerprint density at radius 1 is 1.19 bits per heavy atom. The number of aromatic nitrogens is 3. The summed E-state index contributed by atoms with van der Waals surface area (Å²) in [5.74, 6) is 0. The van der Waals surface area contributed by atoms with Crippen LogP contribution in [-0.2, 0) is 5.41 Å². The maximum atomic E-state index is 6.07. The van der Waals surface area contributed by atoms with Crippen molar-refractivity contribution in [2.45, 2.75) is 63.7 Å². The average molecular weight is 388 g/mol. The van der Waals surface area contributed by atoms with Crippen molar-refractivity contribution in [3.8, 4) is 11.1 Å². The number of fused-ring (bicyclic) bond motifs is 1. The molecule has 0 N–H and O–H groups in total. The third-order valence-electron chi connectivity index (χ3n) is 4.53. The van der Waals surface area contributed by atoms with Crippen molar-refractivity contribution in [2.24, 2.45) is 0 Å². The number of thioether (sulfide) groups is 1. The topological polar surface area (TPSA) is 30.2 Å². The number of aryl methyl sites for hydroxylation is 1. The van der Waals surface area contributed by atoms with E-state index in [9.17, 15) is 0 Å². The lowest BCUT2D eigenvalue weighted by atomic mass is 9.92. The zero-order chi connectivity index (χ0) is 19.1. The maximum absolute atomic E-state index is 6.07. The Bertz CT molecular complexity index is 923. The summed E-state index contributed by atoms with van der Waals surface area (Å²) < 4.78 is 2.01. The van der Waals surface area contributed by atoms with Crippen molar-refractivity contribution in [2.75, 3.05) is 0 Å². The van der Waals surface area contributed by atoms with Crippen LogP contribution in [0, 0.1) is 6.92 Å². The van der Waals surface area contributed by atoms with Crippen LogP contribution in [0.5, 0.6) is 0 Å². The molecule has 0 aliphatic carbocycles. The van der Waals surface area contributed by atoms with Crippen LogP contribution >= 0.6 is 23.4 Å². The van der Waals surface area contributed by atoms with Gasteiger partial charge in [-0.05, 0) is 37.1 Å². The summed E-state index contributed by atoms with van der Waals surface area (Å²) in [7, 11) is 0. The molecule has 0 fully saturated rings. The van der Waals surface area contributed by atoms with Gasteiger partial charge in [0.15, 0.2) is 5.65 Å². The minimum atomic E-state index is -0.0258. The summed E-state index contributed by atoms with van der Waals surface area (Å²) >= 11 is 7.94. The average Bonchev–Trinajstić information content (AvgIpc) is 2.91. The summed E-state index contributed by atoms with van der Waals surface area (Å²) in [5, 5.41) is 7.23. The number of hydrogen-bond donors (Lipinski definition) is 0. The Hall–Kier alpha value is -1.52. The first-order chi connectivity index (χ1) is 12.2. The van der Waals surface area contributed by atoms with Crippen molar-refractivity contribution >= 4 is 29.0 Å². The minimum absolute atomic E-state index is 0.0258. The van der Waals surface area contributed by atoms with E-state index in [4.69, 9.17) is 21.7 Å². The lowest BCUT2D eigenvalue weighted by Crippen LogP contribution is -2.15. The predicted molar refractivity (Wildman–Crippen MR) is 112 cm³/mol. The van der Waals surface area contributed by atoms with Crippen molar-refractivity contribution in [3.05, 3.63) is 46.7 Å². The molecule has 0 saturated heterocycles. The third-order valence-corrected chi connectivity index (χ3v) is 6.05. The minimum Gasteiger partial charge on any atom is -0.232 e. The molecule has 1 aromatic carbocycles. The van der Waals surface area contributed by atoms with Crippen LogP contribution in [0.2, 0.25) is 5.02 Å². The highest BCUT2D eigenvalue weighted by molar-refractivity contribution is 7.99. The van der Waals surface area contributed by atoms with E-state index in [1.54, 1.807) is 0 Å². The second-order valence-electron chi connectivity index (χ2n) is 7.77. The van der Waals surface area contributed by atoms with Crippen molar-refractivity contribution in [3.63, 3.8) is 0 Å². The monoisotopic (exact) mass is 387 g/mol. The van der Waals surface area contributed by atoms with Gasteiger partial charge in [0.2, 0.25) is 0 Å². The Balaban J connectivity index is 2.28. The van der Waals surface area contributed by atoms with Crippen LogP contribution in [0.15, 0.2) is 35.4 Å². The third kappa shape index (κ3) is 3.77. The molecule has 0 aliphatic heterocycles. The lowest BCUT2D eigenvalue weighted by Gasteiger charge is -2.20. The fourth-order valence-corrected chi connectivity index (χ4v) is 3.92. The van der Waals surface area contributed by atoms with Crippen molar-refractivity contribution in [1.82, 2.24) is 14.6 Å². The summed E-state index contributed by atoms with van der Waals surface area (Å²) in [5.41, 5.74) is 5.15. The largest absolute Gasteiger partial charge is 0.232 e. The summed E-state index contributed by atoms with van der Waals surface area (Å²) in [6.07, 6.45) is 1.11. The molecule has 1 atom stereocenters. The Kier molecular flexibility index (Phi) is 5.36. The highest BCUT2D eigenvalue weighted by Gasteiger charge is 2.23. The van der Waals surface area contributed by atoms with Gasteiger partial charge >= 0.3 is 0 Å². The molecule has 0 radical (unpaired) electrons. The summed E-state index contributed by atoms with van der Waals surface area (Å²) in [6, 6.07) is 10.1. The molecule has 2 aromatic heterocycles. The van der Waals surface area contributed by atoms with E-state index < -0.39 is 0 Å². The summed E-state index contributed by atoms with van der Waals surface area (Å²) in [4.78, 5) is 5.01. The van der Waals surface area contributed by atoms with Gasteiger partial charge in [-0.15, -0.1) is 11.8 Å². The van der Waals surface area contributed by atoms with Gasteiger partial charge in [0, 0.05) is 21.3 Å². The van der Waals surface area contributed by atoms with Crippen LogP contribution in [0.1, 0.15) is 52.4 Å². The predicted octanol–water partition coefficient (Wildman–Crippen LogP) is 6.55. The van der Waals surface area contributed by atoms with Crippen LogP contribution in [0.4, 0.5) is 0 Å². The van der Waals surface area contributed by atoms with Gasteiger partial charge in [-0.1, -0.05) is 58.4 Å². The van der Waals surface area contributed by atoms with Gasteiger partial charge in [0.05, 0.1) is 11.4 Å². The fourth-order valence-electron chi connectivity index (χ4n) is 2.81. The number of hydrogen-bond acceptors (Lipinski definition) is 3. The number of halogens is 1. The number of benzene rings is 1. The summed E-state index contributed by atoms with van der Waals surface area (Å²) in [6.45, 7) is 13.1. The molecule has 0 aliphatic rings. The molecular weight excluding hydrogens is 362 g/mol. The Morgan fingerprint density at radius 2 is 1.85 bits per heavy atom. The van der Waals surface area contributed by atoms with Crippen molar-refractivity contribution in [1.29, 1.82) is 0 Å². The normalized spacial score (nSPS) is 13.3. The molecule has 0 bridgehead atoms. The zero-order valence-corrected chi connectivity index (χ0v) is 17.9. The van der Waals surface area contributed by atoms with Gasteiger partial charge in [-0.3, -0.25) is 0 Å². The van der Waals surface area contributed by atoms with E-state index in [2.05, 4.69) is 40.7 Å². The van der Waals surface area contributed by atoms with E-state index in [-0.39, 0.29) is 5.41 Å². The standard InChI is InChI=1S/C21H26ClN3S/c1-7-13(2)26-18-12-17(21(4,5)6)23-20-19(14(3)24-25(18)20)15-8-10-16(22)11-9-15/h8-13H,7H2,1-6H3/t13-/m1/s1. The van der Waals surface area contributed by atoms with E-state index in [0.717, 1.165) is 44.6 Å². The fraction of sp³-hybridized carbons (Fsp3) is 0.429. The van der Waals surface area contributed by atoms with Crippen LogP contribution in [0.25, 0.3) is 16.8 Å². The van der Waals surface area contributed by atoms with E-state index in [1.165, 1.54) is 0 Å². The SMILES string of the molecule is CC[C@@H](C)Sc1cc(C(C)(C)C)nc2c(-c3ccc(Cl)cc3)c(C)nn12. The highest BCUT2D eigenvalue weighted by atomic mass is 35.5. The first-order valence-corrected chi connectivity index (χ1v) is 10.3. The molecule has 26 heavy (non-hydrogen) atoms. The first-order valence-electron chi connectivity index (χ1n) is 9.04. The molecule has 0 unspecified atom stereocenters. The first kappa shape index (κ1) is 19.2. The van der Waals surface area contributed by atoms with Gasteiger partial charge in [0.25, 0.3) is 0 Å². The van der Waals surface area contributed by atoms with Crippen molar-refractivity contribution < 1.29 is 0 Å². The molecule has 0 saturated carbocycles. The van der Waals surface area contributed by atoms with E-state index in [0.29, 0.717) is 5.25 Å². The van der Waals surface area contributed by atoms with Gasteiger partial charge in [0.1, 0.15) is 5.03 Å². The second kappa shape index (κ2) is 7.24. The molecule has 3 nitrogen and oxygen atoms in total. The molecule has 2 heterocycles. The number of rotatable bonds is 4. The molecule has 3 aromatic rings. The van der Waals surface area contributed by atoms with Gasteiger partial charge in [-0.2, -0.15) is 5.10 Å². The Labute approximate surface area is 165 Å². The molecule has 138 valence electrons. The molecular formula is C21H26ClN3S.